The highest BCUT2D eigenvalue weighted by atomic mass is 35.5. The van der Waals surface area contributed by atoms with Gasteiger partial charge in [-0.15, -0.1) is 11.6 Å². The van der Waals surface area contributed by atoms with Crippen molar-refractivity contribution in [2.75, 3.05) is 5.88 Å². The summed E-state index contributed by atoms with van der Waals surface area (Å²) in [5.41, 5.74) is 0.443. The average molecular weight is 295 g/mol. The summed E-state index contributed by atoms with van der Waals surface area (Å²) in [7, 11) is 0. The van der Waals surface area contributed by atoms with Crippen molar-refractivity contribution in [1.82, 2.24) is 5.32 Å². The Labute approximate surface area is 116 Å². The van der Waals surface area contributed by atoms with Crippen LogP contribution in [0, 0.1) is 5.92 Å². The van der Waals surface area contributed by atoms with Crippen molar-refractivity contribution >= 4 is 40.7 Å². The molecule has 17 heavy (non-hydrogen) atoms. The van der Waals surface area contributed by atoms with Gasteiger partial charge in [-0.05, 0) is 24.1 Å². The molecule has 0 aliphatic heterocycles. The standard InChI is InChI=1S/C12H14Cl3NO/c1-7(2)11(6-13)16-12(17)8-3-9(14)5-10(15)4-8/h3-5,7,11H,6H2,1-2H3,(H,16,17). The molecule has 1 rings (SSSR count). The van der Waals surface area contributed by atoms with E-state index in [2.05, 4.69) is 5.32 Å². The van der Waals surface area contributed by atoms with Gasteiger partial charge < -0.3 is 5.32 Å². The Balaban J connectivity index is 2.82. The van der Waals surface area contributed by atoms with Crippen molar-refractivity contribution in [3.05, 3.63) is 33.8 Å². The number of nitrogens with one attached hydrogen (secondary N) is 1. The van der Waals surface area contributed by atoms with Gasteiger partial charge in [0.15, 0.2) is 0 Å². The second kappa shape index (κ2) is 6.48. The maximum Gasteiger partial charge on any atom is 0.251 e. The average Bonchev–Trinajstić information content (AvgIpc) is 2.23. The third-order valence-electron chi connectivity index (χ3n) is 2.41. The number of rotatable bonds is 4. The lowest BCUT2D eigenvalue weighted by molar-refractivity contribution is 0.0931. The molecule has 5 heteroatoms. The van der Waals surface area contributed by atoms with Crippen LogP contribution in [0.15, 0.2) is 18.2 Å². The fourth-order valence-corrected chi connectivity index (χ4v) is 2.28. The lowest BCUT2D eigenvalue weighted by Crippen LogP contribution is -2.39. The van der Waals surface area contributed by atoms with E-state index < -0.39 is 0 Å². The Morgan fingerprint density at radius 2 is 1.76 bits per heavy atom. The number of hydrogen-bond donors (Lipinski definition) is 1. The molecule has 0 aromatic heterocycles. The van der Waals surface area contributed by atoms with E-state index >= 15 is 0 Å². The van der Waals surface area contributed by atoms with E-state index in [1.165, 1.54) is 0 Å². The molecule has 0 spiro atoms. The van der Waals surface area contributed by atoms with Crippen LogP contribution >= 0.6 is 34.8 Å². The quantitative estimate of drug-likeness (QED) is 0.836. The predicted octanol–water partition coefficient (Wildman–Crippen LogP) is 3.99. The first-order valence-electron chi connectivity index (χ1n) is 5.27. The van der Waals surface area contributed by atoms with E-state index in [0.29, 0.717) is 21.5 Å². The van der Waals surface area contributed by atoms with Gasteiger partial charge in [-0.2, -0.15) is 0 Å². The molecule has 1 aromatic rings. The number of amides is 1. The van der Waals surface area contributed by atoms with Crippen LogP contribution in [0.2, 0.25) is 10.0 Å². The zero-order valence-electron chi connectivity index (χ0n) is 9.64. The number of hydrogen-bond acceptors (Lipinski definition) is 1. The van der Waals surface area contributed by atoms with Gasteiger partial charge in [-0.1, -0.05) is 37.0 Å². The van der Waals surface area contributed by atoms with Crippen molar-refractivity contribution in [3.63, 3.8) is 0 Å². The third kappa shape index (κ3) is 4.38. The second-order valence-electron chi connectivity index (χ2n) is 4.14. The van der Waals surface area contributed by atoms with Gasteiger partial charge in [-0.3, -0.25) is 4.79 Å². The summed E-state index contributed by atoms with van der Waals surface area (Å²) in [6, 6.07) is 4.67. The first kappa shape index (κ1) is 14.6. The monoisotopic (exact) mass is 293 g/mol. The van der Waals surface area contributed by atoms with Crippen molar-refractivity contribution in [2.45, 2.75) is 19.9 Å². The Hall–Kier alpha value is -0.440. The molecule has 0 saturated carbocycles. The summed E-state index contributed by atoms with van der Waals surface area (Å²) >= 11 is 17.5. The van der Waals surface area contributed by atoms with Gasteiger partial charge in [0.05, 0.1) is 0 Å². The minimum Gasteiger partial charge on any atom is -0.348 e. The van der Waals surface area contributed by atoms with Crippen LogP contribution in [-0.2, 0) is 0 Å². The Bertz CT molecular complexity index is 386. The first-order valence-corrected chi connectivity index (χ1v) is 6.56. The predicted molar refractivity (Wildman–Crippen MR) is 73.3 cm³/mol. The molecule has 94 valence electrons. The smallest absolute Gasteiger partial charge is 0.251 e. The molecule has 1 amide bonds. The Morgan fingerprint density at radius 1 is 1.24 bits per heavy atom. The summed E-state index contributed by atoms with van der Waals surface area (Å²) in [4.78, 5) is 11.9. The van der Waals surface area contributed by atoms with E-state index in [1.807, 2.05) is 13.8 Å². The summed E-state index contributed by atoms with van der Waals surface area (Å²) in [6.45, 7) is 4.00. The highest BCUT2D eigenvalue weighted by Crippen LogP contribution is 2.19. The summed E-state index contributed by atoms with van der Waals surface area (Å²) in [5, 5.41) is 3.73. The molecule has 0 aliphatic rings. The van der Waals surface area contributed by atoms with Crippen LogP contribution in [0.3, 0.4) is 0 Å². The SMILES string of the molecule is CC(C)C(CCl)NC(=O)c1cc(Cl)cc(Cl)c1. The summed E-state index contributed by atoms with van der Waals surface area (Å²) in [5.74, 6) is 0.428. The molecule has 0 radical (unpaired) electrons. The van der Waals surface area contributed by atoms with Crippen LogP contribution in [0.5, 0.6) is 0 Å². The zero-order valence-corrected chi connectivity index (χ0v) is 11.9. The fourth-order valence-electron chi connectivity index (χ4n) is 1.32. The second-order valence-corrected chi connectivity index (χ2v) is 5.32. The largest absolute Gasteiger partial charge is 0.348 e. The Morgan fingerprint density at radius 3 is 2.18 bits per heavy atom. The molecule has 2 nitrogen and oxygen atoms in total. The Kier molecular flexibility index (Phi) is 5.57. The van der Waals surface area contributed by atoms with E-state index in [1.54, 1.807) is 18.2 Å². The molecule has 0 heterocycles. The molecular formula is C12H14Cl3NO. The van der Waals surface area contributed by atoms with E-state index in [4.69, 9.17) is 34.8 Å². The highest BCUT2D eigenvalue weighted by molar-refractivity contribution is 6.35. The van der Waals surface area contributed by atoms with Gasteiger partial charge >= 0.3 is 0 Å². The normalized spacial score (nSPS) is 12.6. The van der Waals surface area contributed by atoms with Gasteiger partial charge in [0.25, 0.3) is 5.91 Å². The molecule has 1 atom stereocenters. The van der Waals surface area contributed by atoms with Crippen molar-refractivity contribution in [1.29, 1.82) is 0 Å². The highest BCUT2D eigenvalue weighted by Gasteiger charge is 2.16. The van der Waals surface area contributed by atoms with Gasteiger partial charge in [0, 0.05) is 27.5 Å². The van der Waals surface area contributed by atoms with Crippen molar-refractivity contribution in [2.24, 2.45) is 5.92 Å². The molecule has 1 unspecified atom stereocenters. The maximum atomic E-state index is 11.9. The first-order chi connectivity index (χ1) is 7.93. The number of carbonyl (C=O) groups is 1. The lowest BCUT2D eigenvalue weighted by atomic mass is 10.1. The minimum atomic E-state index is -0.214. The molecule has 1 N–H and O–H groups in total. The number of benzene rings is 1. The van der Waals surface area contributed by atoms with Crippen molar-refractivity contribution < 1.29 is 4.79 Å². The summed E-state index contributed by atoms with van der Waals surface area (Å²) in [6.07, 6.45) is 0. The summed E-state index contributed by atoms with van der Waals surface area (Å²) < 4.78 is 0. The lowest BCUT2D eigenvalue weighted by Gasteiger charge is -2.19. The molecular weight excluding hydrogens is 280 g/mol. The van der Waals surface area contributed by atoms with E-state index in [9.17, 15) is 4.79 Å². The van der Waals surface area contributed by atoms with E-state index in [0.717, 1.165) is 0 Å². The molecule has 0 saturated heterocycles. The van der Waals surface area contributed by atoms with Crippen LogP contribution in [0.4, 0.5) is 0 Å². The maximum absolute atomic E-state index is 11.9. The van der Waals surface area contributed by atoms with Gasteiger partial charge in [-0.25, -0.2) is 0 Å². The van der Waals surface area contributed by atoms with Gasteiger partial charge in [0.2, 0.25) is 0 Å². The van der Waals surface area contributed by atoms with Crippen LogP contribution < -0.4 is 5.32 Å². The molecule has 0 fully saturated rings. The van der Waals surface area contributed by atoms with Gasteiger partial charge in [0.1, 0.15) is 0 Å². The van der Waals surface area contributed by atoms with Crippen LogP contribution in [0.1, 0.15) is 24.2 Å². The zero-order chi connectivity index (χ0) is 13.0. The third-order valence-corrected chi connectivity index (χ3v) is 3.18. The van der Waals surface area contributed by atoms with E-state index in [-0.39, 0.29) is 17.9 Å². The fraction of sp³-hybridized carbons (Fsp3) is 0.417. The molecule has 0 aliphatic carbocycles. The number of halogens is 3. The van der Waals surface area contributed by atoms with Crippen LogP contribution in [-0.4, -0.2) is 17.8 Å². The molecule has 0 bridgehead atoms. The molecule has 1 aromatic carbocycles. The number of carbonyl (C=O) groups excluding carboxylic acids is 1. The number of alkyl halides is 1. The topological polar surface area (TPSA) is 29.1 Å². The van der Waals surface area contributed by atoms with Crippen LogP contribution in [0.25, 0.3) is 0 Å². The van der Waals surface area contributed by atoms with Crippen molar-refractivity contribution in [3.8, 4) is 0 Å². The minimum absolute atomic E-state index is 0.0677.